The van der Waals surface area contributed by atoms with Gasteiger partial charge in [0.1, 0.15) is 6.04 Å². The van der Waals surface area contributed by atoms with Gasteiger partial charge in [-0.15, -0.1) is 11.3 Å². The Balaban J connectivity index is 2.02. The first kappa shape index (κ1) is 10.6. The van der Waals surface area contributed by atoms with Gasteiger partial charge in [0, 0.05) is 17.6 Å². The van der Waals surface area contributed by atoms with Crippen LogP contribution in [0.25, 0.3) is 0 Å². The van der Waals surface area contributed by atoms with E-state index in [0.717, 1.165) is 37.2 Å². The van der Waals surface area contributed by atoms with Crippen molar-refractivity contribution >= 4 is 17.3 Å². The third kappa shape index (κ3) is 2.54. The van der Waals surface area contributed by atoms with Crippen molar-refractivity contribution in [1.82, 2.24) is 9.88 Å². The van der Waals surface area contributed by atoms with Gasteiger partial charge < -0.3 is 5.11 Å². The number of thiazole rings is 1. The van der Waals surface area contributed by atoms with Crippen molar-refractivity contribution in [3.8, 4) is 0 Å². The standard InChI is InChI=1S/C10H14N2O2S/c13-10(14)9-3-1-2-4-12(9)6-8-5-11-7-15-8/h5,7,9H,1-4,6H2,(H,13,14)/t9-/m0/s1. The second kappa shape index (κ2) is 4.72. The van der Waals surface area contributed by atoms with Gasteiger partial charge in [-0.05, 0) is 19.4 Å². The summed E-state index contributed by atoms with van der Waals surface area (Å²) in [7, 11) is 0. The maximum absolute atomic E-state index is 11.0. The maximum atomic E-state index is 11.0. The first-order valence-corrected chi connectivity index (χ1v) is 5.99. The fourth-order valence-electron chi connectivity index (χ4n) is 1.98. The van der Waals surface area contributed by atoms with Crippen LogP contribution in [0.3, 0.4) is 0 Å². The molecule has 82 valence electrons. The van der Waals surface area contributed by atoms with E-state index in [4.69, 9.17) is 5.11 Å². The number of piperidine rings is 1. The van der Waals surface area contributed by atoms with Gasteiger partial charge in [0.2, 0.25) is 0 Å². The number of hydrogen-bond donors (Lipinski definition) is 1. The molecule has 1 aromatic rings. The molecule has 5 heteroatoms. The Morgan fingerprint density at radius 3 is 3.20 bits per heavy atom. The van der Waals surface area contributed by atoms with E-state index >= 15 is 0 Å². The largest absolute Gasteiger partial charge is 0.480 e. The molecule has 1 atom stereocenters. The van der Waals surface area contributed by atoms with E-state index in [1.807, 2.05) is 11.1 Å². The molecule has 1 N–H and O–H groups in total. The number of carboxylic acid groups (broad SMARTS) is 1. The highest BCUT2D eigenvalue weighted by Crippen LogP contribution is 2.20. The van der Waals surface area contributed by atoms with E-state index in [2.05, 4.69) is 4.98 Å². The van der Waals surface area contributed by atoms with E-state index in [9.17, 15) is 4.79 Å². The summed E-state index contributed by atoms with van der Waals surface area (Å²) in [5, 5.41) is 9.08. The minimum Gasteiger partial charge on any atom is -0.480 e. The predicted molar refractivity (Wildman–Crippen MR) is 57.8 cm³/mol. The molecule has 1 aliphatic heterocycles. The van der Waals surface area contributed by atoms with Crippen LogP contribution in [0, 0.1) is 0 Å². The van der Waals surface area contributed by atoms with Gasteiger partial charge in [0.05, 0.1) is 5.51 Å². The molecule has 0 aromatic carbocycles. The van der Waals surface area contributed by atoms with Crippen LogP contribution in [-0.2, 0) is 11.3 Å². The summed E-state index contributed by atoms with van der Waals surface area (Å²) in [4.78, 5) is 18.2. The van der Waals surface area contributed by atoms with Crippen molar-refractivity contribution in [1.29, 1.82) is 0 Å². The van der Waals surface area contributed by atoms with Crippen LogP contribution in [0.2, 0.25) is 0 Å². The maximum Gasteiger partial charge on any atom is 0.320 e. The van der Waals surface area contributed by atoms with Crippen LogP contribution in [0.5, 0.6) is 0 Å². The Hall–Kier alpha value is -0.940. The van der Waals surface area contributed by atoms with E-state index in [1.165, 1.54) is 0 Å². The number of aliphatic carboxylic acids is 1. The average molecular weight is 226 g/mol. The molecule has 4 nitrogen and oxygen atoms in total. The lowest BCUT2D eigenvalue weighted by Gasteiger charge is -2.32. The van der Waals surface area contributed by atoms with Crippen molar-refractivity contribution in [2.45, 2.75) is 31.8 Å². The minimum absolute atomic E-state index is 0.305. The van der Waals surface area contributed by atoms with Crippen molar-refractivity contribution in [2.24, 2.45) is 0 Å². The number of likely N-dealkylation sites (tertiary alicyclic amines) is 1. The summed E-state index contributed by atoms with van der Waals surface area (Å²) in [5.41, 5.74) is 1.79. The summed E-state index contributed by atoms with van der Waals surface area (Å²) in [6, 6.07) is -0.305. The zero-order valence-electron chi connectivity index (χ0n) is 8.43. The molecule has 0 amide bonds. The fraction of sp³-hybridized carbons (Fsp3) is 0.600. The van der Waals surface area contributed by atoms with Crippen LogP contribution in [-0.4, -0.2) is 33.5 Å². The first-order valence-electron chi connectivity index (χ1n) is 5.11. The van der Waals surface area contributed by atoms with Gasteiger partial charge in [0.15, 0.2) is 0 Å². The molecule has 1 fully saturated rings. The quantitative estimate of drug-likeness (QED) is 0.850. The minimum atomic E-state index is -0.695. The molecule has 0 saturated carbocycles. The van der Waals surface area contributed by atoms with Crippen molar-refractivity contribution in [3.63, 3.8) is 0 Å². The molecule has 15 heavy (non-hydrogen) atoms. The molecule has 1 saturated heterocycles. The average Bonchev–Trinajstić information content (AvgIpc) is 2.71. The predicted octanol–water partition coefficient (Wildman–Crippen LogP) is 1.58. The van der Waals surface area contributed by atoms with Crippen LogP contribution >= 0.6 is 11.3 Å². The van der Waals surface area contributed by atoms with Crippen LogP contribution in [0.15, 0.2) is 11.7 Å². The number of aromatic nitrogens is 1. The van der Waals surface area contributed by atoms with Gasteiger partial charge >= 0.3 is 5.97 Å². The topological polar surface area (TPSA) is 53.4 Å². The molecule has 0 bridgehead atoms. The van der Waals surface area contributed by atoms with Gasteiger partial charge in [-0.3, -0.25) is 14.7 Å². The SMILES string of the molecule is O=C(O)[C@@H]1CCCCN1Cc1cncs1. The molecule has 1 aromatic heterocycles. The highest BCUT2D eigenvalue weighted by Gasteiger charge is 2.28. The van der Waals surface area contributed by atoms with Crippen molar-refractivity contribution in [3.05, 3.63) is 16.6 Å². The Kier molecular flexibility index (Phi) is 3.33. The number of carbonyl (C=O) groups is 1. The lowest BCUT2D eigenvalue weighted by molar-refractivity contribution is -0.144. The fourth-order valence-corrected chi connectivity index (χ4v) is 2.60. The van der Waals surface area contributed by atoms with E-state index in [0.29, 0.717) is 0 Å². The van der Waals surface area contributed by atoms with E-state index < -0.39 is 5.97 Å². The molecule has 0 radical (unpaired) electrons. The smallest absolute Gasteiger partial charge is 0.320 e. The van der Waals surface area contributed by atoms with Crippen molar-refractivity contribution in [2.75, 3.05) is 6.54 Å². The van der Waals surface area contributed by atoms with E-state index in [-0.39, 0.29) is 6.04 Å². The number of hydrogen-bond acceptors (Lipinski definition) is 4. The second-order valence-corrected chi connectivity index (χ2v) is 4.76. The summed E-state index contributed by atoms with van der Waals surface area (Å²) >= 11 is 1.58. The van der Waals surface area contributed by atoms with Crippen LogP contribution < -0.4 is 0 Å². The van der Waals surface area contributed by atoms with Crippen LogP contribution in [0.4, 0.5) is 0 Å². The lowest BCUT2D eigenvalue weighted by Crippen LogP contribution is -2.43. The summed E-state index contributed by atoms with van der Waals surface area (Å²) in [6.45, 7) is 1.61. The Labute approximate surface area is 92.6 Å². The highest BCUT2D eigenvalue weighted by molar-refractivity contribution is 7.09. The molecule has 0 aliphatic carbocycles. The Bertz CT molecular complexity index is 326. The number of rotatable bonds is 3. The molecule has 0 unspecified atom stereocenters. The van der Waals surface area contributed by atoms with E-state index in [1.54, 1.807) is 16.8 Å². The molecular formula is C10H14N2O2S. The highest BCUT2D eigenvalue weighted by atomic mass is 32.1. The number of carboxylic acids is 1. The number of nitrogens with zero attached hydrogens (tertiary/aromatic N) is 2. The molecule has 2 rings (SSSR count). The van der Waals surface area contributed by atoms with Crippen LogP contribution in [0.1, 0.15) is 24.1 Å². The lowest BCUT2D eigenvalue weighted by atomic mass is 10.0. The van der Waals surface area contributed by atoms with Crippen molar-refractivity contribution < 1.29 is 9.90 Å². The first-order chi connectivity index (χ1) is 7.27. The Morgan fingerprint density at radius 2 is 2.53 bits per heavy atom. The Morgan fingerprint density at radius 1 is 1.67 bits per heavy atom. The zero-order chi connectivity index (χ0) is 10.7. The normalized spacial score (nSPS) is 22.8. The van der Waals surface area contributed by atoms with Gasteiger partial charge in [-0.1, -0.05) is 6.42 Å². The third-order valence-electron chi connectivity index (χ3n) is 2.74. The molecule has 0 spiro atoms. The summed E-state index contributed by atoms with van der Waals surface area (Å²) in [5.74, 6) is -0.695. The molecule has 1 aliphatic rings. The van der Waals surface area contributed by atoms with Gasteiger partial charge in [-0.2, -0.15) is 0 Å². The van der Waals surface area contributed by atoms with Gasteiger partial charge in [-0.25, -0.2) is 0 Å². The van der Waals surface area contributed by atoms with Gasteiger partial charge in [0.25, 0.3) is 0 Å². The molecular weight excluding hydrogens is 212 g/mol. The molecule has 2 heterocycles. The third-order valence-corrected chi connectivity index (χ3v) is 3.51. The summed E-state index contributed by atoms with van der Waals surface area (Å²) < 4.78 is 0. The zero-order valence-corrected chi connectivity index (χ0v) is 9.24. The monoisotopic (exact) mass is 226 g/mol. The second-order valence-electron chi connectivity index (χ2n) is 3.79. The summed E-state index contributed by atoms with van der Waals surface area (Å²) in [6.07, 6.45) is 4.71.